The molecule has 0 spiro atoms. The summed E-state index contributed by atoms with van der Waals surface area (Å²) in [4.78, 5) is 14.8. The minimum absolute atomic E-state index is 0.0330. The van der Waals surface area contributed by atoms with E-state index in [2.05, 4.69) is 6.58 Å². The van der Waals surface area contributed by atoms with E-state index in [1.165, 1.54) is 0 Å². The summed E-state index contributed by atoms with van der Waals surface area (Å²) in [5.74, 6) is 1.58. The minimum atomic E-state index is -0.0330. The second-order valence-corrected chi connectivity index (χ2v) is 6.59. The fraction of sp³-hybridized carbons (Fsp3) is 0.526. The third kappa shape index (κ3) is 3.24. The Balaban J connectivity index is 1.42. The number of amides is 1. The molecule has 1 aromatic rings. The maximum absolute atomic E-state index is 12.9. The van der Waals surface area contributed by atoms with Crippen LogP contribution in [-0.2, 0) is 20.7 Å². The Kier molecular flexibility index (Phi) is 4.63. The van der Waals surface area contributed by atoms with Gasteiger partial charge in [0, 0.05) is 6.54 Å². The molecule has 1 aromatic carbocycles. The molecule has 1 saturated carbocycles. The normalized spacial score (nSPS) is 27.2. The van der Waals surface area contributed by atoms with Crippen LogP contribution in [0, 0.1) is 0 Å². The number of fused-ring (bicyclic) bond motifs is 2. The van der Waals surface area contributed by atoms with Gasteiger partial charge < -0.3 is 23.8 Å². The first-order chi connectivity index (χ1) is 12.3. The van der Waals surface area contributed by atoms with Gasteiger partial charge >= 0.3 is 0 Å². The molecule has 6 nitrogen and oxygen atoms in total. The van der Waals surface area contributed by atoms with Crippen LogP contribution >= 0.6 is 0 Å². The zero-order valence-corrected chi connectivity index (χ0v) is 14.2. The maximum atomic E-state index is 12.9. The lowest BCUT2D eigenvalue weighted by molar-refractivity contribution is -0.150. The molecule has 0 bridgehead atoms. The van der Waals surface area contributed by atoms with Crippen LogP contribution in [-0.4, -0.2) is 55.6 Å². The van der Waals surface area contributed by atoms with Crippen molar-refractivity contribution in [1.29, 1.82) is 0 Å². The highest BCUT2D eigenvalue weighted by Crippen LogP contribution is 2.34. The van der Waals surface area contributed by atoms with Crippen molar-refractivity contribution in [2.24, 2.45) is 0 Å². The standard InChI is InChI=1S/C19H23NO5/c1-2-8-22-16-6-4-14-19(16)23-9-7-20(14)18(21)11-13-3-5-15-17(10-13)25-12-24-15/h2-3,5,10,14,16,19H,1,4,6-9,11-12H2/t14-,16-,19+/m0/s1. The van der Waals surface area contributed by atoms with E-state index in [1.54, 1.807) is 6.08 Å². The number of carbonyl (C=O) groups is 1. The summed E-state index contributed by atoms with van der Waals surface area (Å²) in [6.07, 6.45) is 3.95. The Hall–Kier alpha value is -2.05. The number of hydrogen-bond donors (Lipinski definition) is 0. The largest absolute Gasteiger partial charge is 0.454 e. The molecule has 0 aromatic heterocycles. The second-order valence-electron chi connectivity index (χ2n) is 6.59. The van der Waals surface area contributed by atoms with Crippen LogP contribution in [0.15, 0.2) is 30.9 Å². The third-order valence-electron chi connectivity index (χ3n) is 5.08. The molecule has 134 valence electrons. The molecule has 3 atom stereocenters. The Bertz CT molecular complexity index is 661. The van der Waals surface area contributed by atoms with Crippen molar-refractivity contribution in [3.05, 3.63) is 36.4 Å². The van der Waals surface area contributed by atoms with Crippen LogP contribution in [0.2, 0.25) is 0 Å². The fourth-order valence-electron chi connectivity index (χ4n) is 3.92. The highest BCUT2D eigenvalue weighted by atomic mass is 16.7. The molecule has 2 aliphatic heterocycles. The Morgan fingerprint density at radius 3 is 3.08 bits per heavy atom. The van der Waals surface area contributed by atoms with Gasteiger partial charge in [-0.05, 0) is 30.5 Å². The summed E-state index contributed by atoms with van der Waals surface area (Å²) in [6, 6.07) is 5.78. The highest BCUT2D eigenvalue weighted by Gasteiger charge is 2.44. The summed E-state index contributed by atoms with van der Waals surface area (Å²) in [6.45, 7) is 5.64. The molecule has 0 N–H and O–H groups in total. The summed E-state index contributed by atoms with van der Waals surface area (Å²) in [5, 5.41) is 0. The molecule has 3 aliphatic rings. The zero-order chi connectivity index (χ0) is 17.2. The molecule has 2 heterocycles. The first kappa shape index (κ1) is 16.4. The van der Waals surface area contributed by atoms with Gasteiger partial charge in [-0.25, -0.2) is 0 Å². The van der Waals surface area contributed by atoms with Gasteiger partial charge in [0.15, 0.2) is 11.5 Å². The van der Waals surface area contributed by atoms with Crippen molar-refractivity contribution in [1.82, 2.24) is 4.90 Å². The Labute approximate surface area is 147 Å². The van der Waals surface area contributed by atoms with Crippen molar-refractivity contribution in [2.75, 3.05) is 26.6 Å². The lowest BCUT2D eigenvalue weighted by Gasteiger charge is -2.39. The molecular formula is C19H23NO5. The Morgan fingerprint density at radius 1 is 1.32 bits per heavy atom. The number of nitrogens with zero attached hydrogens (tertiary/aromatic N) is 1. The van der Waals surface area contributed by atoms with Crippen LogP contribution in [0.3, 0.4) is 0 Å². The highest BCUT2D eigenvalue weighted by molar-refractivity contribution is 5.79. The average molecular weight is 345 g/mol. The molecule has 1 amide bonds. The first-order valence-electron chi connectivity index (χ1n) is 8.78. The summed E-state index contributed by atoms with van der Waals surface area (Å²) in [5.41, 5.74) is 0.940. The number of ether oxygens (including phenoxy) is 4. The van der Waals surface area contributed by atoms with Gasteiger partial charge in [0.1, 0.15) is 6.10 Å². The van der Waals surface area contributed by atoms with Gasteiger partial charge in [0.25, 0.3) is 0 Å². The topological polar surface area (TPSA) is 57.2 Å². The number of benzene rings is 1. The number of carbonyl (C=O) groups excluding carboxylic acids is 1. The third-order valence-corrected chi connectivity index (χ3v) is 5.08. The molecule has 2 fully saturated rings. The lowest BCUT2D eigenvalue weighted by atomic mass is 10.1. The van der Waals surface area contributed by atoms with Gasteiger partial charge in [-0.1, -0.05) is 12.1 Å². The van der Waals surface area contributed by atoms with E-state index in [1.807, 2.05) is 23.1 Å². The van der Waals surface area contributed by atoms with Crippen molar-refractivity contribution in [3.8, 4) is 11.5 Å². The van der Waals surface area contributed by atoms with E-state index in [0.29, 0.717) is 31.9 Å². The van der Waals surface area contributed by atoms with Crippen molar-refractivity contribution in [3.63, 3.8) is 0 Å². The molecular weight excluding hydrogens is 322 g/mol. The molecule has 6 heteroatoms. The maximum Gasteiger partial charge on any atom is 0.231 e. The smallest absolute Gasteiger partial charge is 0.231 e. The summed E-state index contributed by atoms with van der Waals surface area (Å²) < 4.78 is 22.4. The summed E-state index contributed by atoms with van der Waals surface area (Å²) in [7, 11) is 0. The van der Waals surface area contributed by atoms with E-state index in [4.69, 9.17) is 18.9 Å². The molecule has 25 heavy (non-hydrogen) atoms. The number of morpholine rings is 1. The van der Waals surface area contributed by atoms with Gasteiger partial charge in [-0.15, -0.1) is 6.58 Å². The van der Waals surface area contributed by atoms with Gasteiger partial charge in [-0.3, -0.25) is 4.79 Å². The van der Waals surface area contributed by atoms with Gasteiger partial charge in [0.05, 0.1) is 31.8 Å². The van der Waals surface area contributed by atoms with E-state index in [9.17, 15) is 4.79 Å². The summed E-state index contributed by atoms with van der Waals surface area (Å²) >= 11 is 0. The SMILES string of the molecule is C=CCO[C@H]1CC[C@H]2[C@H]1OCCN2C(=O)Cc1ccc2c(c1)OCO2. The molecule has 0 unspecified atom stereocenters. The van der Waals surface area contributed by atoms with Crippen molar-refractivity contribution >= 4 is 5.91 Å². The quantitative estimate of drug-likeness (QED) is 0.763. The zero-order valence-electron chi connectivity index (χ0n) is 14.2. The van der Waals surface area contributed by atoms with Crippen LogP contribution in [0.4, 0.5) is 0 Å². The predicted octanol–water partition coefficient (Wildman–Crippen LogP) is 1.92. The van der Waals surface area contributed by atoms with Crippen molar-refractivity contribution < 1.29 is 23.7 Å². The number of hydrogen-bond acceptors (Lipinski definition) is 5. The van der Waals surface area contributed by atoms with Crippen LogP contribution < -0.4 is 9.47 Å². The van der Waals surface area contributed by atoms with Crippen LogP contribution in [0.25, 0.3) is 0 Å². The molecule has 1 aliphatic carbocycles. The van der Waals surface area contributed by atoms with E-state index < -0.39 is 0 Å². The minimum Gasteiger partial charge on any atom is -0.454 e. The van der Waals surface area contributed by atoms with E-state index in [-0.39, 0.29) is 30.9 Å². The first-order valence-corrected chi connectivity index (χ1v) is 8.78. The van der Waals surface area contributed by atoms with Gasteiger partial charge in [-0.2, -0.15) is 0 Å². The van der Waals surface area contributed by atoms with Crippen LogP contribution in [0.5, 0.6) is 11.5 Å². The Morgan fingerprint density at radius 2 is 2.20 bits per heavy atom. The predicted molar refractivity (Wildman–Crippen MR) is 90.7 cm³/mol. The fourth-order valence-corrected chi connectivity index (χ4v) is 3.92. The molecule has 1 saturated heterocycles. The molecule has 0 radical (unpaired) electrons. The second kappa shape index (κ2) is 7.06. The van der Waals surface area contributed by atoms with E-state index >= 15 is 0 Å². The number of rotatable bonds is 5. The van der Waals surface area contributed by atoms with Gasteiger partial charge in [0.2, 0.25) is 12.7 Å². The molecule has 4 rings (SSSR count). The van der Waals surface area contributed by atoms with Crippen LogP contribution in [0.1, 0.15) is 18.4 Å². The lowest BCUT2D eigenvalue weighted by Crippen LogP contribution is -2.54. The average Bonchev–Trinajstić information content (AvgIpc) is 3.25. The van der Waals surface area contributed by atoms with E-state index in [0.717, 1.165) is 24.2 Å². The monoisotopic (exact) mass is 345 g/mol. The van der Waals surface area contributed by atoms with Crippen molar-refractivity contribution in [2.45, 2.75) is 37.5 Å².